The van der Waals surface area contributed by atoms with E-state index in [0.717, 1.165) is 0 Å². The fourth-order valence-electron chi connectivity index (χ4n) is 1.12. The molecule has 8 heteroatoms. The van der Waals surface area contributed by atoms with Crippen molar-refractivity contribution in [3.63, 3.8) is 0 Å². The molecular formula is C8H6F6OS. The van der Waals surface area contributed by atoms with Gasteiger partial charge < -0.3 is 5.11 Å². The molecule has 16 heavy (non-hydrogen) atoms. The van der Waals surface area contributed by atoms with Crippen LogP contribution in [0.5, 0.6) is 0 Å². The Hall–Kier alpha value is -0.760. The summed E-state index contributed by atoms with van der Waals surface area (Å²) in [7, 11) is 0. The summed E-state index contributed by atoms with van der Waals surface area (Å²) in [6.07, 6.45) is -11.6. The van der Waals surface area contributed by atoms with Crippen LogP contribution in [0, 0.1) is 6.92 Å². The Morgan fingerprint density at radius 1 is 1.06 bits per heavy atom. The predicted octanol–water partition coefficient (Wildman–Crippen LogP) is 3.37. The smallest absolute Gasteiger partial charge is 0.369 e. The Balaban J connectivity index is 3.38. The third-order valence-electron chi connectivity index (χ3n) is 1.97. The van der Waals surface area contributed by atoms with E-state index < -0.39 is 23.5 Å². The van der Waals surface area contributed by atoms with Gasteiger partial charge in [0.2, 0.25) is 0 Å². The van der Waals surface area contributed by atoms with Crippen LogP contribution in [0.3, 0.4) is 0 Å². The van der Waals surface area contributed by atoms with Crippen LogP contribution in [0.25, 0.3) is 0 Å². The van der Waals surface area contributed by atoms with E-state index in [1.54, 1.807) is 0 Å². The second kappa shape index (κ2) is 3.63. The number of aliphatic hydroxyl groups is 1. The van der Waals surface area contributed by atoms with Crippen molar-refractivity contribution in [3.05, 3.63) is 21.9 Å². The molecule has 0 saturated carbocycles. The third-order valence-corrected chi connectivity index (χ3v) is 2.83. The highest BCUT2D eigenvalue weighted by atomic mass is 32.1. The summed E-state index contributed by atoms with van der Waals surface area (Å²) < 4.78 is 74.0. The Bertz CT molecular complexity index is 363. The highest BCUT2D eigenvalue weighted by Crippen LogP contribution is 2.50. The second-order valence-corrected chi connectivity index (χ2v) is 4.27. The maximum atomic E-state index is 12.3. The molecule has 0 radical (unpaired) electrons. The maximum Gasteiger partial charge on any atom is 0.430 e. The first-order valence-corrected chi connectivity index (χ1v) is 4.79. The highest BCUT2D eigenvalue weighted by Gasteiger charge is 2.71. The standard InChI is InChI=1S/C8H6F6OS/c1-4-2-5(3-16-4)6(15,7(9,10)11)8(12,13)14/h2-3,15H,1H3. The summed E-state index contributed by atoms with van der Waals surface area (Å²) in [6.45, 7) is 1.35. The lowest BCUT2D eigenvalue weighted by molar-refractivity contribution is -0.376. The summed E-state index contributed by atoms with van der Waals surface area (Å²) in [6, 6.07) is 0.672. The molecule has 92 valence electrons. The van der Waals surface area contributed by atoms with Gasteiger partial charge in [0.25, 0.3) is 5.60 Å². The van der Waals surface area contributed by atoms with E-state index in [-0.39, 0.29) is 4.88 Å². The molecule has 0 spiro atoms. The molecule has 0 fully saturated rings. The maximum absolute atomic E-state index is 12.3. The molecule has 0 atom stereocenters. The number of thiophene rings is 1. The normalized spacial score (nSPS) is 14.2. The van der Waals surface area contributed by atoms with Crippen molar-refractivity contribution in [3.8, 4) is 0 Å². The van der Waals surface area contributed by atoms with Gasteiger partial charge >= 0.3 is 12.4 Å². The average molecular weight is 264 g/mol. The van der Waals surface area contributed by atoms with E-state index in [1.807, 2.05) is 0 Å². The van der Waals surface area contributed by atoms with Gasteiger partial charge in [0.15, 0.2) is 0 Å². The Morgan fingerprint density at radius 3 is 1.75 bits per heavy atom. The van der Waals surface area contributed by atoms with Crippen LogP contribution in [0.15, 0.2) is 11.4 Å². The monoisotopic (exact) mass is 264 g/mol. The van der Waals surface area contributed by atoms with E-state index in [9.17, 15) is 26.3 Å². The Labute approximate surface area is 90.3 Å². The zero-order valence-electron chi connectivity index (χ0n) is 7.78. The summed E-state index contributed by atoms with van der Waals surface area (Å²) in [5.41, 5.74) is -6.00. The molecule has 0 aliphatic rings. The van der Waals surface area contributed by atoms with Gasteiger partial charge in [0, 0.05) is 10.4 Å². The van der Waals surface area contributed by atoms with Gasteiger partial charge in [-0.2, -0.15) is 26.3 Å². The van der Waals surface area contributed by atoms with Gasteiger partial charge in [-0.1, -0.05) is 0 Å². The van der Waals surface area contributed by atoms with E-state index in [0.29, 0.717) is 22.8 Å². The summed E-state index contributed by atoms with van der Waals surface area (Å²) in [5, 5.41) is 9.57. The van der Waals surface area contributed by atoms with Crippen LogP contribution in [0.2, 0.25) is 0 Å². The molecule has 0 aliphatic heterocycles. The van der Waals surface area contributed by atoms with Crippen molar-refractivity contribution in [1.29, 1.82) is 0 Å². The first-order valence-electron chi connectivity index (χ1n) is 3.91. The second-order valence-electron chi connectivity index (χ2n) is 3.15. The molecule has 1 rings (SSSR count). The van der Waals surface area contributed by atoms with Gasteiger partial charge in [-0.15, -0.1) is 11.3 Å². The lowest BCUT2D eigenvalue weighted by atomic mass is 9.95. The molecule has 1 aromatic heterocycles. The third kappa shape index (κ3) is 1.91. The molecule has 0 aliphatic carbocycles. The number of hydrogen-bond acceptors (Lipinski definition) is 2. The molecule has 0 amide bonds. The largest absolute Gasteiger partial charge is 0.430 e. The van der Waals surface area contributed by atoms with Crippen molar-refractivity contribution in [1.82, 2.24) is 0 Å². The minimum atomic E-state index is -5.81. The minimum absolute atomic E-state index is 0.252. The van der Waals surface area contributed by atoms with Crippen LogP contribution in [0.4, 0.5) is 26.3 Å². The molecule has 0 aromatic carbocycles. The number of rotatable bonds is 1. The quantitative estimate of drug-likeness (QED) is 0.771. The summed E-state index contributed by atoms with van der Waals surface area (Å²) in [5.74, 6) is 0. The Kier molecular flexibility index (Phi) is 3.01. The summed E-state index contributed by atoms with van der Waals surface area (Å²) in [4.78, 5) is 0.252. The van der Waals surface area contributed by atoms with Crippen LogP contribution in [-0.2, 0) is 5.60 Å². The number of hydrogen-bond donors (Lipinski definition) is 1. The zero-order valence-corrected chi connectivity index (χ0v) is 8.59. The topological polar surface area (TPSA) is 20.2 Å². The SMILES string of the molecule is Cc1cc(C(O)(C(F)(F)F)C(F)(F)F)cs1. The number of aryl methyl sites for hydroxylation is 1. The molecule has 0 saturated heterocycles. The first kappa shape index (κ1) is 13.3. The molecule has 1 N–H and O–H groups in total. The van der Waals surface area contributed by atoms with Gasteiger partial charge in [-0.25, -0.2) is 0 Å². The Morgan fingerprint density at radius 2 is 1.50 bits per heavy atom. The van der Waals surface area contributed by atoms with E-state index in [1.165, 1.54) is 6.92 Å². The lowest BCUT2D eigenvalue weighted by Gasteiger charge is -2.31. The lowest BCUT2D eigenvalue weighted by Crippen LogP contribution is -2.53. The molecule has 0 bridgehead atoms. The molecule has 0 unspecified atom stereocenters. The van der Waals surface area contributed by atoms with Crippen molar-refractivity contribution in [2.75, 3.05) is 0 Å². The van der Waals surface area contributed by atoms with Crippen molar-refractivity contribution >= 4 is 11.3 Å². The van der Waals surface area contributed by atoms with E-state index in [2.05, 4.69) is 0 Å². The first-order chi connectivity index (χ1) is 7.00. The molecular weight excluding hydrogens is 258 g/mol. The van der Waals surface area contributed by atoms with Gasteiger partial charge in [0.05, 0.1) is 0 Å². The number of alkyl halides is 6. The molecule has 1 nitrogen and oxygen atoms in total. The number of halogens is 6. The van der Waals surface area contributed by atoms with Crippen molar-refractivity contribution in [2.24, 2.45) is 0 Å². The minimum Gasteiger partial charge on any atom is -0.369 e. The highest BCUT2D eigenvalue weighted by molar-refractivity contribution is 7.10. The van der Waals surface area contributed by atoms with Crippen LogP contribution in [0.1, 0.15) is 10.4 Å². The fourth-order valence-corrected chi connectivity index (χ4v) is 1.87. The zero-order chi connectivity index (χ0) is 12.8. The summed E-state index contributed by atoms with van der Waals surface area (Å²) >= 11 is 0.703. The predicted molar refractivity (Wildman–Crippen MR) is 45.1 cm³/mol. The molecule has 1 aromatic rings. The van der Waals surface area contributed by atoms with Gasteiger partial charge in [-0.3, -0.25) is 0 Å². The van der Waals surface area contributed by atoms with Crippen LogP contribution < -0.4 is 0 Å². The van der Waals surface area contributed by atoms with Crippen LogP contribution in [-0.4, -0.2) is 17.5 Å². The average Bonchev–Trinajstić information content (AvgIpc) is 2.46. The van der Waals surface area contributed by atoms with E-state index in [4.69, 9.17) is 5.11 Å². The fraction of sp³-hybridized carbons (Fsp3) is 0.500. The van der Waals surface area contributed by atoms with E-state index >= 15 is 0 Å². The van der Waals surface area contributed by atoms with Crippen molar-refractivity contribution in [2.45, 2.75) is 24.9 Å². The van der Waals surface area contributed by atoms with Crippen LogP contribution >= 0.6 is 11.3 Å². The molecule has 1 heterocycles. The van der Waals surface area contributed by atoms with Crippen molar-refractivity contribution < 1.29 is 31.4 Å². The van der Waals surface area contributed by atoms with Gasteiger partial charge in [0.1, 0.15) is 0 Å². The van der Waals surface area contributed by atoms with Gasteiger partial charge in [-0.05, 0) is 18.4 Å².